The number of benzene rings is 2. The van der Waals surface area contributed by atoms with Crippen molar-refractivity contribution in [2.45, 2.75) is 68.4 Å². The molecule has 38 heavy (non-hydrogen) atoms. The summed E-state index contributed by atoms with van der Waals surface area (Å²) < 4.78 is 65.3. The van der Waals surface area contributed by atoms with Crippen LogP contribution in [0.4, 0.5) is 8.78 Å². The lowest BCUT2D eigenvalue weighted by Gasteiger charge is -2.39. The summed E-state index contributed by atoms with van der Waals surface area (Å²) in [5, 5.41) is 9.20. The van der Waals surface area contributed by atoms with Crippen LogP contribution in [0.15, 0.2) is 42.5 Å². The molecule has 0 radical (unpaired) electrons. The van der Waals surface area contributed by atoms with Crippen molar-refractivity contribution in [3.05, 3.63) is 70.8 Å². The van der Waals surface area contributed by atoms with E-state index in [1.807, 2.05) is 6.07 Å². The molecule has 0 aromatic heterocycles. The van der Waals surface area contributed by atoms with Gasteiger partial charge in [0.15, 0.2) is 0 Å². The average Bonchev–Trinajstić information content (AvgIpc) is 3.34. The number of nitrogens with zero attached hydrogens (tertiary/aromatic N) is 2. The molecule has 0 unspecified atom stereocenters. The minimum absolute atomic E-state index is 0.0369. The van der Waals surface area contributed by atoms with E-state index in [0.717, 1.165) is 12.1 Å². The molecule has 1 amide bonds. The van der Waals surface area contributed by atoms with Crippen molar-refractivity contribution in [2.24, 2.45) is 0 Å². The fourth-order valence-electron chi connectivity index (χ4n) is 6.14. The predicted molar refractivity (Wildman–Crippen MR) is 138 cm³/mol. The van der Waals surface area contributed by atoms with E-state index >= 15 is 8.78 Å². The largest absolute Gasteiger partial charge is 0.391 e. The molecular formula is C28H34F2N2O5S. The van der Waals surface area contributed by atoms with E-state index in [1.54, 1.807) is 31.2 Å². The first-order chi connectivity index (χ1) is 18.1. The molecule has 3 heterocycles. The van der Waals surface area contributed by atoms with Gasteiger partial charge in [-0.25, -0.2) is 17.2 Å². The molecule has 0 spiro atoms. The highest BCUT2D eigenvalue weighted by atomic mass is 32.2. The van der Waals surface area contributed by atoms with Gasteiger partial charge in [-0.2, -0.15) is 4.31 Å². The van der Waals surface area contributed by atoms with Crippen molar-refractivity contribution >= 4 is 15.9 Å². The van der Waals surface area contributed by atoms with E-state index in [-0.39, 0.29) is 62.2 Å². The number of hydrogen-bond acceptors (Lipinski definition) is 5. The minimum atomic E-state index is -3.82. The number of amides is 1. The summed E-state index contributed by atoms with van der Waals surface area (Å²) in [6.07, 6.45) is 1.26. The number of carbonyl (C=O) groups is 1. The number of rotatable bonds is 5. The Labute approximate surface area is 222 Å². The van der Waals surface area contributed by atoms with Crippen molar-refractivity contribution in [1.29, 1.82) is 0 Å². The van der Waals surface area contributed by atoms with Crippen LogP contribution in [0.2, 0.25) is 0 Å². The molecule has 0 aliphatic carbocycles. The Morgan fingerprint density at radius 3 is 2.45 bits per heavy atom. The second-order valence-electron chi connectivity index (χ2n) is 10.7. The molecule has 2 aromatic carbocycles. The second kappa shape index (κ2) is 10.6. The van der Waals surface area contributed by atoms with Crippen LogP contribution in [0.5, 0.6) is 0 Å². The zero-order chi connectivity index (χ0) is 27.1. The number of aliphatic hydroxyl groups is 1. The number of sulfonamides is 1. The maximum absolute atomic E-state index is 15.8. The molecule has 0 bridgehead atoms. The first-order valence-electron chi connectivity index (χ1n) is 13.2. The van der Waals surface area contributed by atoms with Gasteiger partial charge in [-0.05, 0) is 56.7 Å². The maximum atomic E-state index is 15.8. The van der Waals surface area contributed by atoms with Gasteiger partial charge in [0, 0.05) is 50.0 Å². The van der Waals surface area contributed by atoms with Gasteiger partial charge in [-0.3, -0.25) is 4.79 Å². The molecule has 7 nitrogen and oxygen atoms in total. The molecule has 3 aliphatic heterocycles. The van der Waals surface area contributed by atoms with E-state index in [4.69, 9.17) is 4.74 Å². The summed E-state index contributed by atoms with van der Waals surface area (Å²) in [7, 11) is -3.82. The third kappa shape index (κ3) is 4.87. The summed E-state index contributed by atoms with van der Waals surface area (Å²) in [6, 6.07) is 10.7. The van der Waals surface area contributed by atoms with Gasteiger partial charge in [0.1, 0.15) is 16.9 Å². The van der Waals surface area contributed by atoms with Crippen LogP contribution in [-0.4, -0.2) is 67.1 Å². The topological polar surface area (TPSA) is 87.2 Å². The van der Waals surface area contributed by atoms with Gasteiger partial charge in [-0.15, -0.1) is 0 Å². The van der Waals surface area contributed by atoms with Crippen molar-refractivity contribution in [3.63, 3.8) is 0 Å². The third-order valence-corrected chi connectivity index (χ3v) is 10.7. The third-order valence-electron chi connectivity index (χ3n) is 8.38. The molecule has 3 aliphatic rings. The number of likely N-dealkylation sites (tertiary alicyclic amines) is 1. The molecule has 10 heteroatoms. The van der Waals surface area contributed by atoms with Crippen molar-refractivity contribution in [3.8, 4) is 0 Å². The Hall–Kier alpha value is -2.40. The summed E-state index contributed by atoms with van der Waals surface area (Å²) in [6.45, 7) is 2.47. The van der Waals surface area contributed by atoms with E-state index < -0.39 is 38.4 Å². The number of β-amino-alcohol motifs (C(OH)–C–C–N with tert-alkyl or cyclic N) is 1. The van der Waals surface area contributed by atoms with Gasteiger partial charge >= 0.3 is 0 Å². The summed E-state index contributed by atoms with van der Waals surface area (Å²) >= 11 is 0. The number of hydrogen-bond donors (Lipinski definition) is 1. The molecular weight excluding hydrogens is 514 g/mol. The van der Waals surface area contributed by atoms with Crippen molar-refractivity contribution in [1.82, 2.24) is 9.21 Å². The monoisotopic (exact) mass is 548 g/mol. The van der Waals surface area contributed by atoms with Crippen LogP contribution < -0.4 is 0 Å². The highest BCUT2D eigenvalue weighted by Gasteiger charge is 2.47. The van der Waals surface area contributed by atoms with Crippen molar-refractivity contribution < 1.29 is 31.8 Å². The molecule has 3 fully saturated rings. The van der Waals surface area contributed by atoms with E-state index in [1.165, 1.54) is 9.21 Å². The molecule has 1 N–H and O–H groups in total. The normalized spacial score (nSPS) is 27.4. The van der Waals surface area contributed by atoms with Gasteiger partial charge < -0.3 is 14.7 Å². The lowest BCUT2D eigenvalue weighted by Crippen LogP contribution is -2.50. The highest BCUT2D eigenvalue weighted by Crippen LogP contribution is 2.41. The summed E-state index contributed by atoms with van der Waals surface area (Å²) in [5.74, 6) is -1.81. The van der Waals surface area contributed by atoms with Crippen LogP contribution in [0.3, 0.4) is 0 Å². The second-order valence-corrected chi connectivity index (χ2v) is 12.8. The SMILES string of the molecule is C[C@H]1CC[C@H](c2ccccc2)S(=O)(=O)N1Cc1cc(F)c(C2(C(=O)N3CC[C@@H](O)C3)CCOCC2)cc1F. The highest BCUT2D eigenvalue weighted by molar-refractivity contribution is 7.89. The van der Waals surface area contributed by atoms with E-state index in [0.29, 0.717) is 31.4 Å². The predicted octanol–water partition coefficient (Wildman–Crippen LogP) is 3.66. The molecule has 3 atom stereocenters. The number of carbonyl (C=O) groups excluding carboxylic acids is 1. The van der Waals surface area contributed by atoms with Gasteiger partial charge in [0.25, 0.3) is 0 Å². The Balaban J connectivity index is 1.46. The van der Waals surface area contributed by atoms with Gasteiger partial charge in [-0.1, -0.05) is 30.3 Å². The smallest absolute Gasteiger partial charge is 0.233 e. The van der Waals surface area contributed by atoms with Crippen LogP contribution in [0.25, 0.3) is 0 Å². The molecule has 3 saturated heterocycles. The van der Waals surface area contributed by atoms with Gasteiger partial charge in [0.2, 0.25) is 15.9 Å². The van der Waals surface area contributed by atoms with E-state index in [9.17, 15) is 18.3 Å². The Kier molecular flexibility index (Phi) is 7.61. The summed E-state index contributed by atoms with van der Waals surface area (Å²) in [5.41, 5.74) is -0.723. The fraction of sp³-hybridized carbons (Fsp3) is 0.536. The molecule has 5 rings (SSSR count). The standard InChI is InChI=1S/C28H34F2N2O5S/c1-19-7-8-26(20-5-3-2-4-6-20)38(35,36)32(19)17-21-15-25(30)23(16-24(21)29)28(10-13-37-14-11-28)27(34)31-12-9-22(33)18-31/h2-6,15-16,19,22,26,33H,7-14,17-18H2,1H3/t19-,22+,26+/m0/s1. The Morgan fingerprint density at radius 2 is 1.79 bits per heavy atom. The quantitative estimate of drug-likeness (QED) is 0.617. The van der Waals surface area contributed by atoms with E-state index in [2.05, 4.69) is 0 Å². The zero-order valence-corrected chi connectivity index (χ0v) is 22.3. The van der Waals surface area contributed by atoms with Crippen molar-refractivity contribution in [2.75, 3.05) is 26.3 Å². The zero-order valence-electron chi connectivity index (χ0n) is 21.5. The minimum Gasteiger partial charge on any atom is -0.391 e. The maximum Gasteiger partial charge on any atom is 0.233 e. The molecule has 0 saturated carbocycles. The van der Waals surface area contributed by atoms with Crippen LogP contribution >= 0.6 is 0 Å². The van der Waals surface area contributed by atoms with Crippen LogP contribution in [0, 0.1) is 11.6 Å². The van der Waals surface area contributed by atoms with Crippen LogP contribution in [0.1, 0.15) is 61.0 Å². The average molecular weight is 549 g/mol. The first-order valence-corrected chi connectivity index (χ1v) is 14.7. The Morgan fingerprint density at radius 1 is 1.08 bits per heavy atom. The lowest BCUT2D eigenvalue weighted by atomic mass is 9.72. The molecule has 2 aromatic rings. The van der Waals surface area contributed by atoms with Gasteiger partial charge in [0.05, 0.1) is 11.5 Å². The molecule has 206 valence electrons. The Bertz CT molecular complexity index is 1280. The van der Waals surface area contributed by atoms with Crippen LogP contribution in [-0.2, 0) is 31.5 Å². The number of ether oxygens (including phenoxy) is 1. The summed E-state index contributed by atoms with van der Waals surface area (Å²) in [4.78, 5) is 15.1. The first kappa shape index (κ1) is 27.2. The number of aliphatic hydroxyl groups excluding tert-OH is 1. The number of halogens is 2. The fourth-order valence-corrected chi connectivity index (χ4v) is 8.33. The lowest BCUT2D eigenvalue weighted by molar-refractivity contribution is -0.140.